The van der Waals surface area contributed by atoms with Gasteiger partial charge in [0.25, 0.3) is 0 Å². The smallest absolute Gasteiger partial charge is 0.0315 e. The van der Waals surface area contributed by atoms with Crippen molar-refractivity contribution in [2.24, 2.45) is 0 Å². The first-order valence-corrected chi connectivity index (χ1v) is 2.40. The number of anilines is 2. The van der Waals surface area contributed by atoms with Crippen LogP contribution in [0.3, 0.4) is 0 Å². The van der Waals surface area contributed by atoms with Crippen molar-refractivity contribution < 1.29 is 0 Å². The lowest BCUT2D eigenvalue weighted by molar-refractivity contribution is 1.67. The van der Waals surface area contributed by atoms with Crippen molar-refractivity contribution in [3.05, 3.63) is 24.3 Å². The SMILES string of the molecule is Br.Nc1ccc(N)cc1. The highest BCUT2D eigenvalue weighted by atomic mass is 79.9. The monoisotopic (exact) mass is 188 g/mol. The number of halogens is 1. The Labute approximate surface area is 64.6 Å². The molecule has 2 nitrogen and oxygen atoms in total. The number of rotatable bonds is 0. The Kier molecular flexibility index (Phi) is 3.09. The van der Waals surface area contributed by atoms with Gasteiger partial charge in [-0.2, -0.15) is 0 Å². The first-order valence-electron chi connectivity index (χ1n) is 2.40. The van der Waals surface area contributed by atoms with Gasteiger partial charge in [-0.3, -0.25) is 0 Å². The second-order valence-corrected chi connectivity index (χ2v) is 1.67. The van der Waals surface area contributed by atoms with Gasteiger partial charge in [-0.1, -0.05) is 0 Å². The highest BCUT2D eigenvalue weighted by molar-refractivity contribution is 8.93. The molecule has 3 heteroatoms. The molecule has 1 rings (SSSR count). The predicted octanol–water partition coefficient (Wildman–Crippen LogP) is 1.43. The van der Waals surface area contributed by atoms with Crippen molar-refractivity contribution in [2.75, 3.05) is 11.5 Å². The first kappa shape index (κ1) is 8.30. The van der Waals surface area contributed by atoms with E-state index in [2.05, 4.69) is 0 Å². The van der Waals surface area contributed by atoms with Crippen molar-refractivity contribution in [1.29, 1.82) is 0 Å². The highest BCUT2D eigenvalue weighted by Crippen LogP contribution is 2.04. The van der Waals surface area contributed by atoms with Crippen LogP contribution in [0.25, 0.3) is 0 Å². The van der Waals surface area contributed by atoms with E-state index in [4.69, 9.17) is 11.5 Å². The van der Waals surface area contributed by atoms with E-state index in [1.54, 1.807) is 24.3 Å². The van der Waals surface area contributed by atoms with E-state index in [0.717, 1.165) is 11.4 Å². The fraction of sp³-hybridized carbons (Fsp3) is 0. The lowest BCUT2D eigenvalue weighted by Crippen LogP contribution is -1.86. The molecule has 0 amide bonds. The summed E-state index contributed by atoms with van der Waals surface area (Å²) in [7, 11) is 0. The molecule has 0 atom stereocenters. The van der Waals surface area contributed by atoms with Crippen LogP contribution < -0.4 is 11.5 Å². The molecule has 0 radical (unpaired) electrons. The molecule has 0 aliphatic heterocycles. The standard InChI is InChI=1S/C6H8N2.BrH/c7-5-1-2-6(8)4-3-5;/h1-4H,7-8H2;1H. The molecule has 0 unspecified atom stereocenters. The summed E-state index contributed by atoms with van der Waals surface area (Å²) >= 11 is 0. The Morgan fingerprint density at radius 2 is 1.00 bits per heavy atom. The van der Waals surface area contributed by atoms with Crippen molar-refractivity contribution in [2.45, 2.75) is 0 Å². The van der Waals surface area contributed by atoms with Crippen molar-refractivity contribution in [3.8, 4) is 0 Å². The third-order valence-corrected chi connectivity index (χ3v) is 0.936. The third kappa shape index (κ3) is 2.37. The molecule has 0 bridgehead atoms. The molecule has 50 valence electrons. The van der Waals surface area contributed by atoms with Crippen LogP contribution in [0.1, 0.15) is 0 Å². The van der Waals surface area contributed by atoms with E-state index in [9.17, 15) is 0 Å². The summed E-state index contributed by atoms with van der Waals surface area (Å²) in [6.07, 6.45) is 0. The number of nitrogen functional groups attached to an aromatic ring is 2. The largest absolute Gasteiger partial charge is 0.399 e. The van der Waals surface area contributed by atoms with E-state index < -0.39 is 0 Å². The van der Waals surface area contributed by atoms with Gasteiger partial charge in [0.05, 0.1) is 0 Å². The molecule has 0 saturated heterocycles. The Hall–Kier alpha value is -0.700. The lowest BCUT2D eigenvalue weighted by atomic mass is 10.3. The van der Waals surface area contributed by atoms with Crippen LogP contribution in [-0.4, -0.2) is 0 Å². The normalized spacial score (nSPS) is 8.00. The van der Waals surface area contributed by atoms with Gasteiger partial charge >= 0.3 is 0 Å². The zero-order valence-electron chi connectivity index (χ0n) is 4.87. The summed E-state index contributed by atoms with van der Waals surface area (Å²) < 4.78 is 0. The molecule has 9 heavy (non-hydrogen) atoms. The van der Waals surface area contributed by atoms with Gasteiger partial charge in [-0.05, 0) is 24.3 Å². The van der Waals surface area contributed by atoms with Crippen LogP contribution in [0.5, 0.6) is 0 Å². The zero-order chi connectivity index (χ0) is 5.98. The molecule has 0 aliphatic carbocycles. The summed E-state index contributed by atoms with van der Waals surface area (Å²) in [5.41, 5.74) is 12.2. The Balaban J connectivity index is 0.000000640. The van der Waals surface area contributed by atoms with Crippen molar-refractivity contribution >= 4 is 28.4 Å². The van der Waals surface area contributed by atoms with Gasteiger partial charge < -0.3 is 11.5 Å². The van der Waals surface area contributed by atoms with Crippen LogP contribution in [0, 0.1) is 0 Å². The Bertz CT molecular complexity index is 150. The summed E-state index contributed by atoms with van der Waals surface area (Å²) in [6, 6.07) is 7.09. The van der Waals surface area contributed by atoms with Gasteiger partial charge in [0.15, 0.2) is 0 Å². The number of hydrogen-bond donors (Lipinski definition) is 2. The van der Waals surface area contributed by atoms with E-state index >= 15 is 0 Å². The average Bonchev–Trinajstić information content (AvgIpc) is 1.77. The second-order valence-electron chi connectivity index (χ2n) is 1.67. The quantitative estimate of drug-likeness (QED) is 0.606. The van der Waals surface area contributed by atoms with Gasteiger partial charge in [-0.25, -0.2) is 0 Å². The molecule has 0 spiro atoms. The fourth-order valence-electron chi connectivity index (χ4n) is 0.496. The molecular formula is C6H9BrN2. The number of benzene rings is 1. The fourth-order valence-corrected chi connectivity index (χ4v) is 0.496. The molecule has 0 aromatic heterocycles. The van der Waals surface area contributed by atoms with Crippen LogP contribution in [-0.2, 0) is 0 Å². The van der Waals surface area contributed by atoms with E-state index in [-0.39, 0.29) is 17.0 Å². The predicted molar refractivity (Wildman–Crippen MR) is 45.6 cm³/mol. The van der Waals surface area contributed by atoms with E-state index in [0.29, 0.717) is 0 Å². The van der Waals surface area contributed by atoms with Crippen molar-refractivity contribution in [1.82, 2.24) is 0 Å². The first-order chi connectivity index (χ1) is 3.79. The third-order valence-electron chi connectivity index (χ3n) is 0.936. The molecule has 0 aliphatic rings. The average molecular weight is 189 g/mol. The molecule has 1 aromatic rings. The van der Waals surface area contributed by atoms with Crippen LogP contribution in [0.15, 0.2) is 24.3 Å². The summed E-state index contributed by atoms with van der Waals surface area (Å²) in [4.78, 5) is 0. The van der Waals surface area contributed by atoms with Crippen LogP contribution in [0.4, 0.5) is 11.4 Å². The summed E-state index contributed by atoms with van der Waals surface area (Å²) in [5, 5.41) is 0. The van der Waals surface area contributed by atoms with Crippen molar-refractivity contribution in [3.63, 3.8) is 0 Å². The van der Waals surface area contributed by atoms with E-state index in [1.165, 1.54) is 0 Å². The molecular weight excluding hydrogens is 180 g/mol. The summed E-state index contributed by atoms with van der Waals surface area (Å²) in [5.74, 6) is 0. The van der Waals surface area contributed by atoms with Gasteiger partial charge in [-0.15, -0.1) is 17.0 Å². The molecule has 0 heterocycles. The van der Waals surface area contributed by atoms with Gasteiger partial charge in [0.1, 0.15) is 0 Å². The Morgan fingerprint density at radius 1 is 0.778 bits per heavy atom. The lowest BCUT2D eigenvalue weighted by Gasteiger charge is -1.90. The maximum Gasteiger partial charge on any atom is 0.0315 e. The van der Waals surface area contributed by atoms with Gasteiger partial charge in [0.2, 0.25) is 0 Å². The zero-order valence-corrected chi connectivity index (χ0v) is 6.59. The van der Waals surface area contributed by atoms with Crippen LogP contribution >= 0.6 is 17.0 Å². The molecule has 4 N–H and O–H groups in total. The molecule has 0 saturated carbocycles. The van der Waals surface area contributed by atoms with Crippen LogP contribution in [0.2, 0.25) is 0 Å². The summed E-state index contributed by atoms with van der Waals surface area (Å²) in [6.45, 7) is 0. The second kappa shape index (κ2) is 3.35. The minimum absolute atomic E-state index is 0. The van der Waals surface area contributed by atoms with E-state index in [1.807, 2.05) is 0 Å². The maximum atomic E-state index is 5.37. The van der Waals surface area contributed by atoms with Gasteiger partial charge in [0, 0.05) is 11.4 Å². The highest BCUT2D eigenvalue weighted by Gasteiger charge is 1.80. The maximum absolute atomic E-state index is 5.37. The topological polar surface area (TPSA) is 52.0 Å². The minimum Gasteiger partial charge on any atom is -0.399 e. The number of hydrogen-bond acceptors (Lipinski definition) is 2. The number of nitrogens with two attached hydrogens (primary N) is 2. The molecule has 1 aromatic carbocycles. The minimum atomic E-state index is 0. The molecule has 0 fully saturated rings. The Morgan fingerprint density at radius 3 is 1.22 bits per heavy atom.